The first-order valence-corrected chi connectivity index (χ1v) is 6.69. The largest absolute Gasteiger partial charge is 0.412 e. The molecule has 0 saturated carbocycles. The summed E-state index contributed by atoms with van der Waals surface area (Å²) < 4.78 is 39.0. The van der Waals surface area contributed by atoms with Gasteiger partial charge < -0.3 is 15.5 Å². The number of aryl methyl sites for hydroxylation is 1. The molecular weight excluding hydrogens is 293 g/mol. The Morgan fingerprint density at radius 3 is 2.27 bits per heavy atom. The van der Waals surface area contributed by atoms with Crippen LogP contribution in [-0.2, 0) is 6.54 Å². The molecule has 1 aromatic carbocycles. The summed E-state index contributed by atoms with van der Waals surface area (Å²) in [5, 5.41) is 7.15. The Balaban J connectivity index is 2.77. The summed E-state index contributed by atoms with van der Waals surface area (Å²) >= 11 is 0. The highest BCUT2D eigenvalue weighted by Gasteiger charge is 2.41. The summed E-state index contributed by atoms with van der Waals surface area (Å²) in [5.74, 6) is -0.631. The Bertz CT molecular complexity index is 523. The zero-order chi connectivity index (χ0) is 16.9. The van der Waals surface area contributed by atoms with Crippen LogP contribution in [0, 0.1) is 12.3 Å². The van der Waals surface area contributed by atoms with Crippen LogP contribution in [-0.4, -0.2) is 42.1 Å². The van der Waals surface area contributed by atoms with Crippen LogP contribution in [0.15, 0.2) is 36.5 Å². The van der Waals surface area contributed by atoms with E-state index in [-0.39, 0.29) is 0 Å². The Kier molecular flexibility index (Phi) is 5.84. The first-order valence-electron chi connectivity index (χ1n) is 6.69. The van der Waals surface area contributed by atoms with Crippen LogP contribution in [0.3, 0.4) is 0 Å². The van der Waals surface area contributed by atoms with E-state index in [0.717, 1.165) is 24.3 Å². The summed E-state index contributed by atoms with van der Waals surface area (Å²) in [7, 11) is 2.84. The van der Waals surface area contributed by atoms with Crippen LogP contribution in [0.2, 0.25) is 0 Å². The number of nitrogens with one attached hydrogen (secondary N) is 1. The van der Waals surface area contributed by atoms with E-state index in [1.807, 2.05) is 31.2 Å². The van der Waals surface area contributed by atoms with Crippen LogP contribution < -0.4 is 5.73 Å². The molecular formula is C15H21F3N4. The Morgan fingerprint density at radius 1 is 1.27 bits per heavy atom. The number of hydrogen-bond acceptors (Lipinski definition) is 2. The van der Waals surface area contributed by atoms with Crippen molar-refractivity contribution in [3.63, 3.8) is 0 Å². The molecule has 0 bridgehead atoms. The second-order valence-electron chi connectivity index (χ2n) is 5.22. The fourth-order valence-electron chi connectivity index (χ4n) is 1.87. The number of rotatable bonds is 5. The van der Waals surface area contributed by atoms with E-state index in [2.05, 4.69) is 0 Å². The molecule has 1 unspecified atom stereocenters. The van der Waals surface area contributed by atoms with Gasteiger partial charge in [-0.1, -0.05) is 29.8 Å². The maximum absolute atomic E-state index is 13.0. The van der Waals surface area contributed by atoms with Gasteiger partial charge in [0, 0.05) is 20.6 Å². The van der Waals surface area contributed by atoms with Gasteiger partial charge in [-0.25, -0.2) is 0 Å². The number of benzene rings is 1. The lowest BCUT2D eigenvalue weighted by Gasteiger charge is -2.28. The molecule has 0 amide bonds. The summed E-state index contributed by atoms with van der Waals surface area (Å²) in [6.07, 6.45) is -2.14. The molecule has 0 fully saturated rings. The second-order valence-corrected chi connectivity index (χ2v) is 5.22. The Morgan fingerprint density at radius 2 is 1.82 bits per heavy atom. The summed E-state index contributed by atoms with van der Waals surface area (Å²) in [6.45, 7) is 2.46. The van der Waals surface area contributed by atoms with Gasteiger partial charge in [0.25, 0.3) is 0 Å². The molecule has 0 aliphatic heterocycles. The fraction of sp³-hybridized carbons (Fsp3) is 0.400. The average molecular weight is 314 g/mol. The van der Waals surface area contributed by atoms with Gasteiger partial charge in [-0.15, -0.1) is 0 Å². The molecule has 0 heterocycles. The van der Waals surface area contributed by atoms with E-state index >= 15 is 0 Å². The van der Waals surface area contributed by atoms with Crippen molar-refractivity contribution in [3.05, 3.63) is 47.7 Å². The maximum Gasteiger partial charge on any atom is 0.412 e. The topological polar surface area (TPSA) is 56.4 Å². The number of halogens is 3. The lowest BCUT2D eigenvalue weighted by atomic mass is 10.1. The number of nitrogens with two attached hydrogens (primary N) is 1. The van der Waals surface area contributed by atoms with E-state index in [1.165, 1.54) is 6.20 Å². The maximum atomic E-state index is 13.0. The quantitative estimate of drug-likeness (QED) is 0.649. The predicted molar refractivity (Wildman–Crippen MR) is 81.3 cm³/mol. The van der Waals surface area contributed by atoms with Gasteiger partial charge in [0.05, 0.1) is 0 Å². The average Bonchev–Trinajstić information content (AvgIpc) is 2.39. The molecule has 1 aromatic rings. The van der Waals surface area contributed by atoms with Crippen LogP contribution >= 0.6 is 0 Å². The lowest BCUT2D eigenvalue weighted by Crippen LogP contribution is -2.48. The van der Waals surface area contributed by atoms with Crippen LogP contribution in [0.1, 0.15) is 11.1 Å². The SMILES string of the molecule is Cc1ccc(CN(C)/C=C/C(N(C)C(=N)N)C(F)(F)F)cc1. The van der Waals surface area contributed by atoms with Crippen molar-refractivity contribution in [3.8, 4) is 0 Å². The molecule has 122 valence electrons. The van der Waals surface area contributed by atoms with Crippen molar-refractivity contribution in [2.24, 2.45) is 5.73 Å². The molecule has 1 atom stereocenters. The van der Waals surface area contributed by atoms with Crippen LogP contribution in [0.4, 0.5) is 13.2 Å². The molecule has 0 aliphatic rings. The number of guanidine groups is 1. The molecule has 7 heteroatoms. The van der Waals surface area contributed by atoms with Gasteiger partial charge in [-0.3, -0.25) is 5.41 Å². The molecule has 0 aromatic heterocycles. The van der Waals surface area contributed by atoms with Crippen molar-refractivity contribution in [1.82, 2.24) is 9.80 Å². The highest BCUT2D eigenvalue weighted by atomic mass is 19.4. The zero-order valence-electron chi connectivity index (χ0n) is 12.9. The van der Waals surface area contributed by atoms with Crippen molar-refractivity contribution in [1.29, 1.82) is 5.41 Å². The van der Waals surface area contributed by atoms with Gasteiger partial charge in [0.1, 0.15) is 6.04 Å². The number of hydrogen-bond donors (Lipinski definition) is 2. The zero-order valence-corrected chi connectivity index (χ0v) is 12.9. The third-order valence-electron chi connectivity index (χ3n) is 3.21. The van der Waals surface area contributed by atoms with E-state index in [4.69, 9.17) is 11.1 Å². The van der Waals surface area contributed by atoms with E-state index < -0.39 is 18.2 Å². The Hall–Kier alpha value is -2.18. The monoisotopic (exact) mass is 314 g/mol. The summed E-state index contributed by atoms with van der Waals surface area (Å²) in [4.78, 5) is 2.33. The van der Waals surface area contributed by atoms with Gasteiger partial charge >= 0.3 is 6.18 Å². The molecule has 22 heavy (non-hydrogen) atoms. The predicted octanol–water partition coefficient (Wildman–Crippen LogP) is 2.70. The van der Waals surface area contributed by atoms with Crippen LogP contribution in [0.5, 0.6) is 0 Å². The summed E-state index contributed by atoms with van der Waals surface area (Å²) in [6, 6.07) is 5.85. The molecule has 0 radical (unpaired) electrons. The Labute approximate surface area is 128 Å². The molecule has 4 nitrogen and oxygen atoms in total. The standard InChI is InChI=1S/C15H21F3N4/c1-11-4-6-12(7-5-11)10-21(2)9-8-13(15(16,17)18)22(3)14(19)20/h4-9,13H,10H2,1-3H3,(H3,19,20)/b9-8+. The smallest absolute Gasteiger partial charge is 0.376 e. The van der Waals surface area contributed by atoms with Gasteiger partial charge in [-0.05, 0) is 24.8 Å². The lowest BCUT2D eigenvalue weighted by molar-refractivity contribution is -0.158. The van der Waals surface area contributed by atoms with Gasteiger partial charge in [-0.2, -0.15) is 13.2 Å². The van der Waals surface area contributed by atoms with Crippen molar-refractivity contribution < 1.29 is 13.2 Å². The minimum atomic E-state index is -4.50. The molecule has 0 saturated heterocycles. The molecule has 3 N–H and O–H groups in total. The second kappa shape index (κ2) is 7.20. The minimum absolute atomic E-state index is 0.491. The first kappa shape index (κ1) is 17.9. The third kappa shape index (κ3) is 5.31. The third-order valence-corrected chi connectivity index (χ3v) is 3.21. The number of likely N-dealkylation sites (N-methyl/N-ethyl adjacent to an activating group) is 1. The first-order chi connectivity index (χ1) is 10.1. The molecule has 1 rings (SSSR count). The van der Waals surface area contributed by atoms with E-state index in [9.17, 15) is 13.2 Å². The van der Waals surface area contributed by atoms with Gasteiger partial charge in [0.15, 0.2) is 5.96 Å². The summed E-state index contributed by atoms with van der Waals surface area (Å²) in [5.41, 5.74) is 7.27. The van der Waals surface area contributed by atoms with Crippen LogP contribution in [0.25, 0.3) is 0 Å². The molecule has 0 spiro atoms. The van der Waals surface area contributed by atoms with E-state index in [0.29, 0.717) is 11.4 Å². The van der Waals surface area contributed by atoms with Crippen molar-refractivity contribution in [2.75, 3.05) is 14.1 Å². The molecule has 0 aliphatic carbocycles. The highest BCUT2D eigenvalue weighted by molar-refractivity contribution is 5.75. The number of alkyl halides is 3. The van der Waals surface area contributed by atoms with Crippen molar-refractivity contribution >= 4 is 5.96 Å². The van der Waals surface area contributed by atoms with E-state index in [1.54, 1.807) is 11.9 Å². The fourth-order valence-corrected chi connectivity index (χ4v) is 1.87. The minimum Gasteiger partial charge on any atom is -0.376 e. The van der Waals surface area contributed by atoms with Gasteiger partial charge in [0.2, 0.25) is 0 Å². The highest BCUT2D eigenvalue weighted by Crippen LogP contribution is 2.25. The number of nitrogens with zero attached hydrogens (tertiary/aromatic N) is 2. The van der Waals surface area contributed by atoms with Crippen molar-refractivity contribution in [2.45, 2.75) is 25.7 Å². The normalized spacial score (nSPS) is 13.2.